The summed E-state index contributed by atoms with van der Waals surface area (Å²) in [6.07, 6.45) is 1.45. The van der Waals surface area contributed by atoms with Gasteiger partial charge in [-0.1, -0.05) is 23.4 Å². The first kappa shape index (κ1) is 16.2. The largest absolute Gasteiger partial charge is 0.310 e. The van der Waals surface area contributed by atoms with Crippen LogP contribution in [0.1, 0.15) is 17.1 Å². The maximum Gasteiger partial charge on any atom is 0.235 e. The van der Waals surface area contributed by atoms with E-state index in [1.165, 1.54) is 18.0 Å². The maximum atomic E-state index is 11.9. The van der Waals surface area contributed by atoms with Crippen molar-refractivity contribution in [3.05, 3.63) is 40.4 Å². The summed E-state index contributed by atoms with van der Waals surface area (Å²) >= 11 is 6.92. The molecule has 0 saturated heterocycles. The Morgan fingerprint density at radius 2 is 2.18 bits per heavy atom. The van der Waals surface area contributed by atoms with Gasteiger partial charge in [0.2, 0.25) is 5.91 Å². The van der Waals surface area contributed by atoms with E-state index in [0.29, 0.717) is 32.9 Å². The van der Waals surface area contributed by atoms with Gasteiger partial charge in [0.15, 0.2) is 0 Å². The second kappa shape index (κ2) is 7.20. The second-order valence-electron chi connectivity index (χ2n) is 4.35. The molecule has 2 aromatic rings. The van der Waals surface area contributed by atoms with Crippen LogP contribution in [0.25, 0.3) is 0 Å². The van der Waals surface area contributed by atoms with Gasteiger partial charge in [-0.2, -0.15) is 5.26 Å². The van der Waals surface area contributed by atoms with Gasteiger partial charge >= 0.3 is 0 Å². The monoisotopic (exact) mass is 333 g/mol. The summed E-state index contributed by atoms with van der Waals surface area (Å²) < 4.78 is 0. The molecule has 2 aromatic heterocycles. The summed E-state index contributed by atoms with van der Waals surface area (Å²) in [6, 6.07) is 5.32. The van der Waals surface area contributed by atoms with E-state index in [9.17, 15) is 4.79 Å². The van der Waals surface area contributed by atoms with E-state index in [2.05, 4.69) is 26.3 Å². The van der Waals surface area contributed by atoms with Crippen molar-refractivity contribution in [2.75, 3.05) is 11.1 Å². The van der Waals surface area contributed by atoms with Crippen molar-refractivity contribution in [2.24, 2.45) is 0 Å². The third-order valence-corrected chi connectivity index (χ3v) is 3.81. The quantitative estimate of drug-likeness (QED) is 0.683. The minimum atomic E-state index is -0.238. The average molecular weight is 334 g/mol. The van der Waals surface area contributed by atoms with E-state index >= 15 is 0 Å². The van der Waals surface area contributed by atoms with Crippen molar-refractivity contribution >= 4 is 35.1 Å². The fourth-order valence-corrected chi connectivity index (χ4v) is 2.66. The van der Waals surface area contributed by atoms with Crippen LogP contribution < -0.4 is 5.32 Å². The van der Waals surface area contributed by atoms with Crippen LogP contribution in [0.2, 0.25) is 5.02 Å². The third-order valence-electron chi connectivity index (χ3n) is 2.62. The molecule has 0 radical (unpaired) electrons. The van der Waals surface area contributed by atoms with Crippen LogP contribution in [-0.2, 0) is 4.79 Å². The highest BCUT2D eigenvalue weighted by Crippen LogP contribution is 2.22. The molecular weight excluding hydrogens is 322 g/mol. The Hall–Kier alpha value is -2.17. The highest BCUT2D eigenvalue weighted by Gasteiger charge is 2.12. The molecule has 0 unspecified atom stereocenters. The Morgan fingerprint density at radius 1 is 1.41 bits per heavy atom. The van der Waals surface area contributed by atoms with Crippen LogP contribution in [0.4, 0.5) is 5.82 Å². The van der Waals surface area contributed by atoms with Crippen molar-refractivity contribution in [3.63, 3.8) is 0 Å². The topological polar surface area (TPSA) is 91.6 Å². The van der Waals surface area contributed by atoms with E-state index in [1.54, 1.807) is 26.0 Å². The average Bonchev–Trinajstić information content (AvgIpc) is 2.47. The number of nitriles is 1. The maximum absolute atomic E-state index is 11.9. The number of hydrogen-bond donors (Lipinski definition) is 1. The van der Waals surface area contributed by atoms with Gasteiger partial charge in [0.1, 0.15) is 28.3 Å². The summed E-state index contributed by atoms with van der Waals surface area (Å²) in [5, 5.41) is 12.8. The number of hydrogen-bond acceptors (Lipinski definition) is 6. The Bertz CT molecular complexity index is 742. The van der Waals surface area contributed by atoms with Crippen LogP contribution in [0.5, 0.6) is 0 Å². The molecule has 0 aliphatic rings. The van der Waals surface area contributed by atoms with Gasteiger partial charge in [0.25, 0.3) is 0 Å². The van der Waals surface area contributed by atoms with Crippen LogP contribution in [-0.4, -0.2) is 26.6 Å². The lowest BCUT2D eigenvalue weighted by molar-refractivity contribution is -0.113. The van der Waals surface area contributed by atoms with Gasteiger partial charge in [-0.25, -0.2) is 15.0 Å². The van der Waals surface area contributed by atoms with Crippen molar-refractivity contribution in [1.82, 2.24) is 15.0 Å². The molecule has 0 saturated carbocycles. The first-order valence-electron chi connectivity index (χ1n) is 6.29. The smallest absolute Gasteiger partial charge is 0.235 e. The molecule has 0 aromatic carbocycles. The number of amides is 1. The van der Waals surface area contributed by atoms with Gasteiger partial charge in [-0.3, -0.25) is 4.79 Å². The van der Waals surface area contributed by atoms with Gasteiger partial charge in [0.05, 0.1) is 16.5 Å². The SMILES string of the molecule is Cc1nc(C)c(C#N)c(SCC(=O)Nc2ccc(Cl)cn2)n1. The van der Waals surface area contributed by atoms with Crippen molar-refractivity contribution in [1.29, 1.82) is 5.26 Å². The highest BCUT2D eigenvalue weighted by atomic mass is 35.5. The fourth-order valence-electron chi connectivity index (χ4n) is 1.68. The molecule has 0 fully saturated rings. The normalized spacial score (nSPS) is 10.1. The Labute approximate surface area is 137 Å². The summed E-state index contributed by atoms with van der Waals surface area (Å²) in [6.45, 7) is 3.49. The van der Waals surface area contributed by atoms with Gasteiger partial charge < -0.3 is 5.32 Å². The number of pyridine rings is 1. The number of anilines is 1. The van der Waals surface area contributed by atoms with Crippen molar-refractivity contribution in [3.8, 4) is 6.07 Å². The lowest BCUT2D eigenvalue weighted by Gasteiger charge is -2.07. The molecule has 0 aliphatic carbocycles. The molecule has 0 spiro atoms. The predicted octanol–water partition coefficient (Wildman–Crippen LogP) is 2.74. The minimum Gasteiger partial charge on any atom is -0.310 e. The molecular formula is C14H12ClN5OS. The summed E-state index contributed by atoms with van der Waals surface area (Å²) in [4.78, 5) is 24.2. The highest BCUT2D eigenvalue weighted by molar-refractivity contribution is 8.00. The molecule has 6 nitrogen and oxygen atoms in total. The van der Waals surface area contributed by atoms with E-state index in [-0.39, 0.29) is 11.7 Å². The lowest BCUT2D eigenvalue weighted by Crippen LogP contribution is -2.15. The number of aryl methyl sites for hydroxylation is 2. The number of thioether (sulfide) groups is 1. The number of carbonyl (C=O) groups excluding carboxylic acids is 1. The van der Waals surface area contributed by atoms with Crippen LogP contribution in [0, 0.1) is 25.2 Å². The molecule has 2 rings (SSSR count). The van der Waals surface area contributed by atoms with E-state index in [0.717, 1.165) is 0 Å². The first-order valence-corrected chi connectivity index (χ1v) is 7.65. The van der Waals surface area contributed by atoms with E-state index in [4.69, 9.17) is 16.9 Å². The number of nitrogens with one attached hydrogen (secondary N) is 1. The van der Waals surface area contributed by atoms with Gasteiger partial charge in [-0.15, -0.1) is 0 Å². The molecule has 0 aliphatic heterocycles. The standard InChI is InChI=1S/C14H12ClN5OS/c1-8-11(5-16)14(19-9(2)18-8)22-7-13(21)20-12-4-3-10(15)6-17-12/h3-4,6H,7H2,1-2H3,(H,17,20,21). The van der Waals surface area contributed by atoms with Crippen LogP contribution >= 0.6 is 23.4 Å². The molecule has 0 atom stereocenters. The zero-order valence-electron chi connectivity index (χ0n) is 11.9. The van der Waals surface area contributed by atoms with E-state index in [1.807, 2.05) is 0 Å². The number of carbonyl (C=O) groups is 1. The number of nitrogens with zero attached hydrogens (tertiary/aromatic N) is 4. The zero-order valence-corrected chi connectivity index (χ0v) is 13.5. The number of rotatable bonds is 4. The molecule has 22 heavy (non-hydrogen) atoms. The predicted molar refractivity (Wildman–Crippen MR) is 84.8 cm³/mol. The molecule has 2 heterocycles. The van der Waals surface area contributed by atoms with Crippen molar-refractivity contribution in [2.45, 2.75) is 18.9 Å². The first-order chi connectivity index (χ1) is 10.5. The number of aromatic nitrogens is 3. The van der Waals surface area contributed by atoms with Gasteiger partial charge in [0, 0.05) is 6.20 Å². The van der Waals surface area contributed by atoms with Crippen LogP contribution in [0.3, 0.4) is 0 Å². The van der Waals surface area contributed by atoms with Crippen LogP contribution in [0.15, 0.2) is 23.4 Å². The Morgan fingerprint density at radius 3 is 2.82 bits per heavy atom. The van der Waals surface area contributed by atoms with Gasteiger partial charge in [-0.05, 0) is 26.0 Å². The lowest BCUT2D eigenvalue weighted by atomic mass is 10.3. The summed E-state index contributed by atoms with van der Waals surface area (Å²) in [7, 11) is 0. The van der Waals surface area contributed by atoms with E-state index < -0.39 is 0 Å². The molecule has 0 bridgehead atoms. The third kappa shape index (κ3) is 4.16. The summed E-state index contributed by atoms with van der Waals surface area (Å²) in [5.74, 6) is 0.872. The fraction of sp³-hybridized carbons (Fsp3) is 0.214. The molecule has 112 valence electrons. The minimum absolute atomic E-state index is 0.120. The Kier molecular flexibility index (Phi) is 5.31. The molecule has 1 amide bonds. The summed E-state index contributed by atoms with van der Waals surface area (Å²) in [5.41, 5.74) is 1.00. The van der Waals surface area contributed by atoms with Crippen molar-refractivity contribution < 1.29 is 4.79 Å². The zero-order chi connectivity index (χ0) is 16.1. The molecule has 1 N–H and O–H groups in total. The molecule has 8 heteroatoms. The Balaban J connectivity index is 2.02. The second-order valence-corrected chi connectivity index (χ2v) is 5.75. The number of halogens is 1.